The van der Waals surface area contributed by atoms with Gasteiger partial charge in [-0.25, -0.2) is 8.42 Å². The molecule has 0 aromatic carbocycles. The van der Waals surface area contributed by atoms with Gasteiger partial charge in [-0.1, -0.05) is 0 Å². The molecule has 0 saturated carbocycles. The number of hydrogen-bond donors (Lipinski definition) is 1. The average Bonchev–Trinajstić information content (AvgIpc) is 2.41. The summed E-state index contributed by atoms with van der Waals surface area (Å²) in [5.41, 5.74) is 0.621. The van der Waals surface area contributed by atoms with Crippen molar-refractivity contribution in [3.05, 3.63) is 40.2 Å². The summed E-state index contributed by atoms with van der Waals surface area (Å²) < 4.78 is 27.2. The van der Waals surface area contributed by atoms with Crippen molar-refractivity contribution in [3.8, 4) is 6.19 Å². The number of aromatic nitrogens is 1. The Bertz CT molecular complexity index is 632. The number of aliphatic imine (C=N–C) groups is 1. The second kappa shape index (κ2) is 10.0. The van der Waals surface area contributed by atoms with Crippen molar-refractivity contribution in [1.29, 1.82) is 5.26 Å². The van der Waals surface area contributed by atoms with Crippen LogP contribution in [-0.2, 0) is 15.0 Å². The molecule has 0 aliphatic rings. The number of nitrogens with zero attached hydrogens (tertiary/aromatic N) is 4. The highest BCUT2D eigenvalue weighted by Gasteiger charge is 2.02. The lowest BCUT2D eigenvalue weighted by molar-refractivity contribution is -0.757. The van der Waals surface area contributed by atoms with Crippen LogP contribution in [0.2, 0.25) is 0 Å². The van der Waals surface area contributed by atoms with Crippen LogP contribution in [0, 0.1) is 21.6 Å². The van der Waals surface area contributed by atoms with E-state index < -0.39 is 15.2 Å². The lowest BCUT2D eigenvalue weighted by Gasteiger charge is -2.03. The second-order valence-electron chi connectivity index (χ2n) is 3.47. The van der Waals surface area contributed by atoms with E-state index >= 15 is 0 Å². The van der Waals surface area contributed by atoms with E-state index in [1.165, 1.54) is 6.20 Å². The molecular formula is C10H12N5O6S-. The highest BCUT2D eigenvalue weighted by atomic mass is 32.2. The third kappa shape index (κ3) is 12.3. The molecule has 0 aliphatic carbocycles. The van der Waals surface area contributed by atoms with Crippen molar-refractivity contribution in [2.45, 2.75) is 0 Å². The summed E-state index contributed by atoms with van der Waals surface area (Å²) in [7, 11) is -3.92. The van der Waals surface area contributed by atoms with E-state index in [1.54, 1.807) is 24.5 Å². The van der Waals surface area contributed by atoms with E-state index in [4.69, 9.17) is 18.2 Å². The summed E-state index contributed by atoms with van der Waals surface area (Å²) in [5, 5.41) is 19.9. The molecule has 1 N–H and O–H groups in total. The highest BCUT2D eigenvalue weighted by Crippen LogP contribution is 1.96. The van der Waals surface area contributed by atoms with Crippen LogP contribution in [0.15, 0.2) is 29.5 Å². The molecule has 1 heterocycles. The highest BCUT2D eigenvalue weighted by molar-refractivity contribution is 7.84. The molecule has 0 saturated heterocycles. The van der Waals surface area contributed by atoms with Crippen LogP contribution in [0.5, 0.6) is 0 Å². The summed E-state index contributed by atoms with van der Waals surface area (Å²) in [4.78, 5) is 21.8. The molecule has 0 radical (unpaired) electrons. The largest absolute Gasteiger partial charge is 0.748 e. The van der Waals surface area contributed by atoms with Crippen molar-refractivity contribution >= 4 is 16.0 Å². The van der Waals surface area contributed by atoms with Gasteiger partial charge in [-0.2, -0.15) is 5.26 Å². The minimum Gasteiger partial charge on any atom is -0.748 e. The van der Waals surface area contributed by atoms with E-state index in [-0.39, 0.29) is 13.2 Å². The minimum absolute atomic E-state index is 0.0693. The van der Waals surface area contributed by atoms with Gasteiger partial charge in [0.15, 0.2) is 6.19 Å². The standard InChI is InChI=1S/C9H9N5O3.CH4O3S/c10-7-13-9(8-2-1-3-11-6-8)12-4-5-17-14(15)16;1-5(2,3)4/h1-3,6H,4-5H2,(H,12,13);1H3,(H,2,3,4)/p-1. The van der Waals surface area contributed by atoms with Gasteiger partial charge in [0.25, 0.3) is 5.09 Å². The number of hydrogen-bond acceptors (Lipinski definition) is 9. The molecule has 1 aromatic rings. The van der Waals surface area contributed by atoms with Crippen molar-refractivity contribution in [2.24, 2.45) is 4.99 Å². The number of pyridine rings is 1. The molecule has 0 bridgehead atoms. The predicted molar refractivity (Wildman–Crippen MR) is 73.0 cm³/mol. The number of nitriles is 1. The van der Waals surface area contributed by atoms with Gasteiger partial charge in [0, 0.05) is 24.2 Å². The first-order chi connectivity index (χ1) is 10.2. The molecule has 12 heteroatoms. The predicted octanol–water partition coefficient (Wildman–Crippen LogP) is -0.731. The summed E-state index contributed by atoms with van der Waals surface area (Å²) in [6.07, 6.45) is 5.45. The Morgan fingerprint density at radius 1 is 1.64 bits per heavy atom. The molecule has 120 valence electrons. The smallest absolute Gasteiger partial charge is 0.294 e. The van der Waals surface area contributed by atoms with Crippen LogP contribution in [-0.4, -0.2) is 48.3 Å². The number of nitrogens with one attached hydrogen (secondary N) is 1. The molecule has 0 amide bonds. The van der Waals surface area contributed by atoms with Gasteiger partial charge in [-0.05, 0) is 12.1 Å². The molecular weight excluding hydrogens is 318 g/mol. The third-order valence-electron chi connectivity index (χ3n) is 1.67. The van der Waals surface area contributed by atoms with E-state index in [1.807, 2.05) is 0 Å². The van der Waals surface area contributed by atoms with Crippen molar-refractivity contribution in [3.63, 3.8) is 0 Å². The Morgan fingerprint density at radius 2 is 2.27 bits per heavy atom. The van der Waals surface area contributed by atoms with E-state index in [2.05, 4.69) is 20.1 Å². The van der Waals surface area contributed by atoms with Crippen molar-refractivity contribution in [1.82, 2.24) is 10.3 Å². The monoisotopic (exact) mass is 330 g/mol. The van der Waals surface area contributed by atoms with Crippen LogP contribution in [0.25, 0.3) is 0 Å². The van der Waals surface area contributed by atoms with Crippen LogP contribution in [0.3, 0.4) is 0 Å². The molecule has 22 heavy (non-hydrogen) atoms. The molecule has 11 nitrogen and oxygen atoms in total. The second-order valence-corrected chi connectivity index (χ2v) is 4.88. The lowest BCUT2D eigenvalue weighted by atomic mass is 10.2. The zero-order valence-electron chi connectivity index (χ0n) is 11.4. The van der Waals surface area contributed by atoms with Crippen LogP contribution in [0.1, 0.15) is 5.56 Å². The summed E-state index contributed by atoms with van der Waals surface area (Å²) >= 11 is 0. The summed E-state index contributed by atoms with van der Waals surface area (Å²) in [5.74, 6) is 0.299. The van der Waals surface area contributed by atoms with Gasteiger partial charge in [-0.15, -0.1) is 10.1 Å². The van der Waals surface area contributed by atoms with Crippen LogP contribution < -0.4 is 5.32 Å². The van der Waals surface area contributed by atoms with Crippen LogP contribution in [0.4, 0.5) is 0 Å². The van der Waals surface area contributed by atoms with Gasteiger partial charge >= 0.3 is 0 Å². The minimum atomic E-state index is -3.92. The van der Waals surface area contributed by atoms with Crippen LogP contribution >= 0.6 is 0 Å². The van der Waals surface area contributed by atoms with E-state index in [0.29, 0.717) is 17.7 Å². The zero-order chi connectivity index (χ0) is 17.0. The van der Waals surface area contributed by atoms with Crippen molar-refractivity contribution in [2.75, 3.05) is 19.4 Å². The topological polar surface area (TPSA) is 171 Å². The summed E-state index contributed by atoms with van der Waals surface area (Å²) in [6.45, 7) is -0.0935. The Kier molecular flexibility index (Phi) is 8.75. The molecule has 0 spiro atoms. The van der Waals surface area contributed by atoms with Gasteiger partial charge < -0.3 is 9.39 Å². The van der Waals surface area contributed by atoms with Gasteiger partial charge in [-0.3, -0.25) is 15.3 Å². The van der Waals surface area contributed by atoms with Crippen molar-refractivity contribution < 1.29 is 22.9 Å². The maximum absolute atomic E-state index is 9.90. The Balaban J connectivity index is 0.000000763. The zero-order valence-corrected chi connectivity index (χ0v) is 12.2. The lowest BCUT2D eigenvalue weighted by Crippen LogP contribution is -2.20. The third-order valence-corrected chi connectivity index (χ3v) is 1.67. The number of amidine groups is 1. The molecule has 0 unspecified atom stereocenters. The normalized spacial score (nSPS) is 10.7. The molecule has 0 aliphatic heterocycles. The maximum Gasteiger partial charge on any atom is 0.294 e. The average molecular weight is 330 g/mol. The fraction of sp³-hybridized carbons (Fsp3) is 0.300. The van der Waals surface area contributed by atoms with E-state index in [0.717, 1.165) is 0 Å². The van der Waals surface area contributed by atoms with Gasteiger partial charge in [0.2, 0.25) is 0 Å². The fourth-order valence-electron chi connectivity index (χ4n) is 1.03. The first-order valence-corrected chi connectivity index (χ1v) is 7.33. The Hall–Kier alpha value is -2.78. The molecule has 1 rings (SSSR count). The summed E-state index contributed by atoms with van der Waals surface area (Å²) in [6, 6.07) is 3.40. The molecule has 0 atom stereocenters. The van der Waals surface area contributed by atoms with E-state index in [9.17, 15) is 10.1 Å². The first kappa shape index (κ1) is 19.2. The van der Waals surface area contributed by atoms with Gasteiger partial charge in [0.05, 0.1) is 16.7 Å². The first-order valence-electron chi connectivity index (χ1n) is 5.52. The maximum atomic E-state index is 9.90. The Morgan fingerprint density at radius 3 is 2.73 bits per heavy atom. The Labute approximate surface area is 126 Å². The SMILES string of the molecule is CS(=O)(=O)[O-].N#CNC(=NCCO[N+](=O)[O-])c1cccnc1. The fourth-order valence-corrected chi connectivity index (χ4v) is 1.03. The molecule has 1 aromatic heterocycles. The van der Waals surface area contributed by atoms with Gasteiger partial charge in [0.1, 0.15) is 12.4 Å². The quantitative estimate of drug-likeness (QED) is 0.107. The molecule has 0 fully saturated rings. The number of rotatable bonds is 5.